The summed E-state index contributed by atoms with van der Waals surface area (Å²) in [5.41, 5.74) is 1.13. The molecule has 0 amide bonds. The number of hydrogen-bond acceptors (Lipinski definition) is 3. The van der Waals surface area contributed by atoms with Gasteiger partial charge in [0.15, 0.2) is 5.78 Å². The molecule has 0 N–H and O–H groups in total. The Kier molecular flexibility index (Phi) is 3.22. The molecule has 2 rings (SSSR count). The quantitative estimate of drug-likeness (QED) is 0.789. The highest BCUT2D eigenvalue weighted by atomic mass is 32.1. The topological polar surface area (TPSA) is 26.3 Å². The first-order valence-electron chi connectivity index (χ1n) is 5.37. The van der Waals surface area contributed by atoms with Crippen molar-refractivity contribution >= 4 is 17.1 Å². The molecule has 0 bridgehead atoms. The lowest BCUT2D eigenvalue weighted by Gasteiger charge is -2.08. The fourth-order valence-corrected chi connectivity index (χ4v) is 2.65. The molecule has 2 heterocycles. The molecule has 15 heavy (non-hydrogen) atoms. The summed E-state index contributed by atoms with van der Waals surface area (Å²) < 4.78 is 5.56. The first kappa shape index (κ1) is 10.8. The van der Waals surface area contributed by atoms with E-state index in [-0.39, 0.29) is 18.0 Å². The van der Waals surface area contributed by atoms with Crippen LogP contribution in [0.5, 0.6) is 0 Å². The number of thiophene rings is 1. The van der Waals surface area contributed by atoms with Crippen LogP contribution in [0.15, 0.2) is 11.4 Å². The largest absolute Gasteiger partial charge is 0.367 e. The Hall–Kier alpha value is -0.670. The van der Waals surface area contributed by atoms with Gasteiger partial charge in [-0.3, -0.25) is 4.79 Å². The van der Waals surface area contributed by atoms with E-state index >= 15 is 0 Å². The van der Waals surface area contributed by atoms with Gasteiger partial charge >= 0.3 is 0 Å². The van der Waals surface area contributed by atoms with Gasteiger partial charge in [0.1, 0.15) is 6.10 Å². The van der Waals surface area contributed by atoms with E-state index in [4.69, 9.17) is 4.74 Å². The van der Waals surface area contributed by atoms with E-state index in [1.807, 2.05) is 6.92 Å². The molecule has 82 valence electrons. The molecule has 1 saturated heterocycles. The summed E-state index contributed by atoms with van der Waals surface area (Å²) in [6, 6.07) is 2.08. The van der Waals surface area contributed by atoms with E-state index in [2.05, 4.69) is 18.4 Å². The molecule has 0 spiro atoms. The van der Waals surface area contributed by atoms with Gasteiger partial charge < -0.3 is 4.74 Å². The van der Waals surface area contributed by atoms with E-state index in [1.165, 1.54) is 4.88 Å². The summed E-state index contributed by atoms with van der Waals surface area (Å²) in [4.78, 5) is 13.1. The normalized spacial score (nSPS) is 25.7. The van der Waals surface area contributed by atoms with E-state index < -0.39 is 0 Å². The molecule has 0 aliphatic carbocycles. The number of hydrogen-bond donors (Lipinski definition) is 0. The van der Waals surface area contributed by atoms with Crippen LogP contribution in [0.3, 0.4) is 0 Å². The average Bonchev–Trinajstić information content (AvgIpc) is 2.75. The van der Waals surface area contributed by atoms with E-state index in [0.717, 1.165) is 18.4 Å². The van der Waals surface area contributed by atoms with Crippen LogP contribution in [0, 0.1) is 6.92 Å². The van der Waals surface area contributed by atoms with Crippen molar-refractivity contribution in [3.63, 3.8) is 0 Å². The summed E-state index contributed by atoms with van der Waals surface area (Å²) in [6.07, 6.45) is 2.53. The highest BCUT2D eigenvalue weighted by Gasteiger charge is 2.27. The zero-order valence-electron chi connectivity index (χ0n) is 9.16. The third-order valence-corrected chi connectivity index (χ3v) is 3.66. The summed E-state index contributed by atoms with van der Waals surface area (Å²) in [5, 5.41) is 2.06. The minimum absolute atomic E-state index is 0.153. The van der Waals surface area contributed by atoms with Gasteiger partial charge in [-0.25, -0.2) is 0 Å². The molecule has 1 aliphatic heterocycles. The molecule has 1 aliphatic rings. The van der Waals surface area contributed by atoms with Gasteiger partial charge in [0.25, 0.3) is 0 Å². The maximum Gasteiger partial charge on any atom is 0.165 e. The van der Waals surface area contributed by atoms with Crippen molar-refractivity contribution in [2.24, 2.45) is 0 Å². The monoisotopic (exact) mass is 224 g/mol. The highest BCUT2D eigenvalue weighted by molar-refractivity contribution is 7.10. The summed E-state index contributed by atoms with van der Waals surface area (Å²) >= 11 is 1.70. The molecule has 1 aromatic heterocycles. The SMILES string of the molecule is Cc1cc(CC(=O)C2CCC(C)O2)cs1. The van der Waals surface area contributed by atoms with Gasteiger partial charge in [-0.05, 0) is 43.7 Å². The molecular weight excluding hydrogens is 208 g/mol. The Bertz CT molecular complexity index is 356. The Morgan fingerprint density at radius 2 is 2.40 bits per heavy atom. The fraction of sp³-hybridized carbons (Fsp3) is 0.583. The van der Waals surface area contributed by atoms with Crippen LogP contribution in [0.4, 0.5) is 0 Å². The van der Waals surface area contributed by atoms with Crippen molar-refractivity contribution in [2.75, 3.05) is 0 Å². The maximum atomic E-state index is 11.8. The number of carbonyl (C=O) groups excluding carboxylic acids is 1. The third kappa shape index (κ3) is 2.67. The highest BCUT2D eigenvalue weighted by Crippen LogP contribution is 2.22. The van der Waals surface area contributed by atoms with Crippen molar-refractivity contribution in [3.05, 3.63) is 21.9 Å². The third-order valence-electron chi connectivity index (χ3n) is 2.75. The van der Waals surface area contributed by atoms with Crippen molar-refractivity contribution in [1.82, 2.24) is 0 Å². The molecule has 0 aromatic carbocycles. The molecule has 0 radical (unpaired) electrons. The van der Waals surface area contributed by atoms with Crippen LogP contribution in [0.1, 0.15) is 30.2 Å². The Balaban J connectivity index is 1.92. The molecule has 2 nitrogen and oxygen atoms in total. The number of Topliss-reactive ketones (excluding diaryl/α,β-unsaturated/α-hetero) is 1. The van der Waals surface area contributed by atoms with E-state index in [0.29, 0.717) is 6.42 Å². The average molecular weight is 224 g/mol. The molecule has 1 fully saturated rings. The summed E-state index contributed by atoms with van der Waals surface area (Å²) in [6.45, 7) is 4.09. The maximum absolute atomic E-state index is 11.8. The van der Waals surface area contributed by atoms with Gasteiger partial charge in [-0.1, -0.05) is 0 Å². The molecule has 2 unspecified atom stereocenters. The predicted octanol–water partition coefficient (Wildman–Crippen LogP) is 2.74. The van der Waals surface area contributed by atoms with Gasteiger partial charge in [0.2, 0.25) is 0 Å². The minimum atomic E-state index is -0.153. The smallest absolute Gasteiger partial charge is 0.165 e. The van der Waals surface area contributed by atoms with Crippen LogP contribution in [-0.2, 0) is 16.0 Å². The Morgan fingerprint density at radius 3 is 2.93 bits per heavy atom. The standard InChI is InChI=1S/C12H16O2S/c1-8-3-4-12(14-8)11(13)6-10-5-9(2)15-7-10/h5,7-8,12H,3-4,6H2,1-2H3. The first-order valence-corrected chi connectivity index (χ1v) is 6.25. The molecule has 1 aromatic rings. The Labute approximate surface area is 94.3 Å². The molecular formula is C12H16O2S. The molecule has 3 heteroatoms. The first-order chi connectivity index (χ1) is 7.15. The van der Waals surface area contributed by atoms with Crippen LogP contribution < -0.4 is 0 Å². The number of carbonyl (C=O) groups is 1. The van der Waals surface area contributed by atoms with Gasteiger partial charge in [0, 0.05) is 11.3 Å². The minimum Gasteiger partial charge on any atom is -0.367 e. The lowest BCUT2D eigenvalue weighted by Crippen LogP contribution is -2.22. The second kappa shape index (κ2) is 4.45. The van der Waals surface area contributed by atoms with Crippen LogP contribution in [0.25, 0.3) is 0 Å². The predicted molar refractivity (Wildman–Crippen MR) is 61.3 cm³/mol. The van der Waals surface area contributed by atoms with Gasteiger partial charge in [0.05, 0.1) is 6.10 Å². The van der Waals surface area contributed by atoms with E-state index in [9.17, 15) is 4.79 Å². The van der Waals surface area contributed by atoms with Crippen molar-refractivity contribution in [3.8, 4) is 0 Å². The number of rotatable bonds is 3. The van der Waals surface area contributed by atoms with Crippen molar-refractivity contribution in [1.29, 1.82) is 0 Å². The number of aryl methyl sites for hydroxylation is 1. The fourth-order valence-electron chi connectivity index (χ4n) is 1.94. The second-order valence-electron chi connectivity index (χ2n) is 4.22. The second-order valence-corrected chi connectivity index (χ2v) is 5.34. The van der Waals surface area contributed by atoms with Crippen LogP contribution >= 0.6 is 11.3 Å². The number of ether oxygens (including phenoxy) is 1. The summed E-state index contributed by atoms with van der Waals surface area (Å²) in [5.74, 6) is 0.233. The van der Waals surface area contributed by atoms with Crippen LogP contribution in [0.2, 0.25) is 0 Å². The molecule has 2 atom stereocenters. The lowest BCUT2D eigenvalue weighted by molar-refractivity contribution is -0.128. The van der Waals surface area contributed by atoms with Crippen molar-refractivity contribution in [2.45, 2.75) is 45.3 Å². The Morgan fingerprint density at radius 1 is 1.60 bits per heavy atom. The van der Waals surface area contributed by atoms with E-state index in [1.54, 1.807) is 11.3 Å². The lowest BCUT2D eigenvalue weighted by atomic mass is 10.1. The van der Waals surface area contributed by atoms with Crippen molar-refractivity contribution < 1.29 is 9.53 Å². The van der Waals surface area contributed by atoms with Gasteiger partial charge in [-0.15, -0.1) is 11.3 Å². The molecule has 0 saturated carbocycles. The number of ketones is 1. The zero-order chi connectivity index (χ0) is 10.8. The van der Waals surface area contributed by atoms with Crippen LogP contribution in [-0.4, -0.2) is 18.0 Å². The zero-order valence-corrected chi connectivity index (χ0v) is 9.97. The summed E-state index contributed by atoms with van der Waals surface area (Å²) in [7, 11) is 0. The van der Waals surface area contributed by atoms with Gasteiger partial charge in [-0.2, -0.15) is 0 Å².